The molecule has 4 heteroatoms. The van der Waals surface area contributed by atoms with Crippen molar-refractivity contribution in [3.63, 3.8) is 0 Å². The van der Waals surface area contributed by atoms with Crippen LogP contribution in [0.1, 0.15) is 12.5 Å². The molecule has 0 aromatic heterocycles. The van der Waals surface area contributed by atoms with Crippen molar-refractivity contribution in [1.29, 1.82) is 0 Å². The minimum absolute atomic E-state index is 0.363. The van der Waals surface area contributed by atoms with Crippen LogP contribution in [0.4, 0.5) is 0 Å². The molecule has 94 valence electrons. The van der Waals surface area contributed by atoms with E-state index in [0.29, 0.717) is 6.54 Å². The van der Waals surface area contributed by atoms with Crippen molar-refractivity contribution in [2.75, 3.05) is 12.8 Å². The third-order valence-corrected chi connectivity index (χ3v) is 5.00. The van der Waals surface area contributed by atoms with E-state index in [2.05, 4.69) is 24.3 Å². The molecule has 1 saturated heterocycles. The van der Waals surface area contributed by atoms with Crippen LogP contribution in [0.25, 0.3) is 10.8 Å². The summed E-state index contributed by atoms with van der Waals surface area (Å²) in [6.07, 6.45) is 1.26. The van der Waals surface area contributed by atoms with Gasteiger partial charge in [-0.05, 0) is 29.3 Å². The topological polar surface area (TPSA) is 37.1 Å². The van der Waals surface area contributed by atoms with Crippen LogP contribution in [0, 0.1) is 0 Å². The molecule has 1 fully saturated rings. The third-order valence-electron chi connectivity index (χ3n) is 3.67. The molecule has 18 heavy (non-hydrogen) atoms. The normalized spacial score (nSPS) is 27.3. The molecule has 0 spiro atoms. The molecule has 3 nitrogen and oxygen atoms in total. The van der Waals surface area contributed by atoms with Gasteiger partial charge in [0.2, 0.25) is 10.0 Å². The van der Waals surface area contributed by atoms with Gasteiger partial charge in [0.25, 0.3) is 0 Å². The van der Waals surface area contributed by atoms with Crippen LogP contribution in [0.2, 0.25) is 0 Å². The highest BCUT2D eigenvalue weighted by atomic mass is 32.2. The number of sulfonamides is 1. The van der Waals surface area contributed by atoms with Crippen molar-refractivity contribution in [2.45, 2.75) is 12.5 Å². The van der Waals surface area contributed by atoms with Crippen molar-refractivity contribution in [3.8, 4) is 0 Å². The predicted molar refractivity (Wildman–Crippen MR) is 72.8 cm³/mol. The lowest BCUT2D eigenvalue weighted by atomic mass is 9.98. The van der Waals surface area contributed by atoms with Gasteiger partial charge in [-0.15, -0.1) is 0 Å². The molecule has 0 N–H and O–H groups in total. The predicted octanol–water partition coefficient (Wildman–Crippen LogP) is 2.33. The molecule has 2 aromatic carbocycles. The minimum Gasteiger partial charge on any atom is -0.212 e. The third kappa shape index (κ3) is 1.72. The molecule has 2 atom stereocenters. The first kappa shape index (κ1) is 11.7. The Hall–Kier alpha value is -1.39. The van der Waals surface area contributed by atoms with Gasteiger partial charge in [0.15, 0.2) is 0 Å². The molecule has 2 unspecified atom stereocenters. The number of benzene rings is 2. The van der Waals surface area contributed by atoms with Crippen LogP contribution >= 0.6 is 0 Å². The first-order chi connectivity index (χ1) is 8.41. The van der Waals surface area contributed by atoms with E-state index in [1.807, 2.05) is 25.1 Å². The highest BCUT2D eigenvalue weighted by Crippen LogP contribution is 2.44. The largest absolute Gasteiger partial charge is 0.212 e. The molecule has 0 amide bonds. The number of hydrogen-bond acceptors (Lipinski definition) is 2. The lowest BCUT2D eigenvalue weighted by Gasteiger charge is -2.12. The van der Waals surface area contributed by atoms with Gasteiger partial charge in [-0.3, -0.25) is 0 Å². The van der Waals surface area contributed by atoms with Gasteiger partial charge in [0, 0.05) is 6.54 Å². The molecule has 0 saturated carbocycles. The molecule has 3 rings (SSSR count). The van der Waals surface area contributed by atoms with Gasteiger partial charge < -0.3 is 0 Å². The summed E-state index contributed by atoms with van der Waals surface area (Å²) in [6.45, 7) is 2.54. The number of fused-ring (bicyclic) bond motifs is 1. The standard InChI is InChI=1S/C14H15NO2S/c1-14(10-15(14)18(2,16)17)13-8-7-11-5-3-4-6-12(11)9-13/h3-9H,10H2,1-2H3. The molecule has 0 radical (unpaired) electrons. The summed E-state index contributed by atoms with van der Waals surface area (Å²) in [7, 11) is -3.11. The van der Waals surface area contributed by atoms with Crippen molar-refractivity contribution in [2.24, 2.45) is 0 Å². The van der Waals surface area contributed by atoms with Crippen molar-refractivity contribution in [1.82, 2.24) is 4.31 Å². The quantitative estimate of drug-likeness (QED) is 0.778. The van der Waals surface area contributed by atoms with Crippen LogP contribution < -0.4 is 0 Å². The van der Waals surface area contributed by atoms with E-state index in [0.717, 1.165) is 10.9 Å². The Bertz CT molecular complexity index is 723. The summed E-state index contributed by atoms with van der Waals surface area (Å²) < 4.78 is 24.7. The van der Waals surface area contributed by atoms with Gasteiger partial charge in [-0.2, -0.15) is 4.31 Å². The molecular weight excluding hydrogens is 246 g/mol. The molecule has 1 aliphatic heterocycles. The van der Waals surface area contributed by atoms with E-state index >= 15 is 0 Å². The number of nitrogens with zero attached hydrogens (tertiary/aromatic N) is 1. The molecule has 0 bridgehead atoms. The highest BCUT2D eigenvalue weighted by molar-refractivity contribution is 7.88. The SMILES string of the molecule is CC1(c2ccc3ccccc3c2)CN1S(C)(=O)=O. The van der Waals surface area contributed by atoms with E-state index in [4.69, 9.17) is 0 Å². The van der Waals surface area contributed by atoms with Crippen LogP contribution in [0.3, 0.4) is 0 Å². The smallest absolute Gasteiger partial charge is 0.212 e. The molecule has 0 aliphatic carbocycles. The lowest BCUT2D eigenvalue weighted by molar-refractivity contribution is 0.530. The summed E-state index contributed by atoms with van der Waals surface area (Å²) in [5.41, 5.74) is 0.698. The Morgan fingerprint density at radius 3 is 2.39 bits per heavy atom. The van der Waals surface area contributed by atoms with E-state index in [1.165, 1.54) is 15.9 Å². The van der Waals surface area contributed by atoms with Crippen LogP contribution in [-0.2, 0) is 15.6 Å². The van der Waals surface area contributed by atoms with Crippen molar-refractivity contribution in [3.05, 3.63) is 48.0 Å². The first-order valence-corrected chi connectivity index (χ1v) is 7.73. The summed E-state index contributed by atoms with van der Waals surface area (Å²) in [6, 6.07) is 14.3. The van der Waals surface area contributed by atoms with E-state index < -0.39 is 10.0 Å². The summed E-state index contributed by atoms with van der Waals surface area (Å²) in [5, 5.41) is 2.33. The van der Waals surface area contributed by atoms with Crippen LogP contribution in [-0.4, -0.2) is 25.5 Å². The van der Waals surface area contributed by atoms with Gasteiger partial charge in [-0.1, -0.05) is 36.4 Å². The van der Waals surface area contributed by atoms with E-state index in [1.54, 1.807) is 0 Å². The van der Waals surface area contributed by atoms with Gasteiger partial charge in [0.1, 0.15) is 0 Å². The zero-order valence-electron chi connectivity index (χ0n) is 10.4. The lowest BCUT2D eigenvalue weighted by Crippen LogP contribution is -2.18. The highest BCUT2D eigenvalue weighted by Gasteiger charge is 2.54. The van der Waals surface area contributed by atoms with E-state index in [-0.39, 0.29) is 5.54 Å². The molecule has 1 aliphatic rings. The Morgan fingerprint density at radius 1 is 1.11 bits per heavy atom. The van der Waals surface area contributed by atoms with Gasteiger partial charge in [0.05, 0.1) is 11.8 Å². The Balaban J connectivity index is 2.07. The summed E-state index contributed by atoms with van der Waals surface area (Å²) >= 11 is 0. The van der Waals surface area contributed by atoms with Crippen molar-refractivity contribution >= 4 is 20.8 Å². The second-order valence-corrected chi connectivity index (χ2v) is 7.01. The molecule has 2 aromatic rings. The Morgan fingerprint density at radius 2 is 1.78 bits per heavy atom. The average Bonchev–Trinajstić information content (AvgIpc) is 3.03. The Kier molecular flexibility index (Phi) is 2.31. The first-order valence-electron chi connectivity index (χ1n) is 5.88. The van der Waals surface area contributed by atoms with Crippen LogP contribution in [0.15, 0.2) is 42.5 Å². The monoisotopic (exact) mass is 261 g/mol. The summed E-state index contributed by atoms with van der Waals surface area (Å²) in [5.74, 6) is 0. The minimum atomic E-state index is -3.11. The summed E-state index contributed by atoms with van der Waals surface area (Å²) in [4.78, 5) is 0. The fourth-order valence-electron chi connectivity index (χ4n) is 2.49. The van der Waals surface area contributed by atoms with Crippen molar-refractivity contribution < 1.29 is 8.42 Å². The number of hydrogen-bond donors (Lipinski definition) is 0. The number of rotatable bonds is 2. The maximum atomic E-state index is 11.6. The molecule has 1 heterocycles. The van der Waals surface area contributed by atoms with Crippen LogP contribution in [0.5, 0.6) is 0 Å². The van der Waals surface area contributed by atoms with E-state index in [9.17, 15) is 8.42 Å². The zero-order valence-corrected chi connectivity index (χ0v) is 11.2. The second kappa shape index (κ2) is 3.56. The zero-order chi connectivity index (χ0) is 13.0. The molecular formula is C14H15NO2S. The Labute approximate surface area is 107 Å². The van der Waals surface area contributed by atoms with Gasteiger partial charge >= 0.3 is 0 Å². The maximum absolute atomic E-state index is 11.6. The van der Waals surface area contributed by atoms with Gasteiger partial charge in [-0.25, -0.2) is 8.42 Å². The maximum Gasteiger partial charge on any atom is 0.212 e. The fraction of sp³-hybridized carbons (Fsp3) is 0.286. The fourth-order valence-corrected chi connectivity index (χ4v) is 3.81. The second-order valence-electron chi connectivity index (χ2n) is 5.11. The average molecular weight is 261 g/mol.